The minimum Gasteiger partial charge on any atom is -0.458 e. The molecule has 1 heterocycles. The molecule has 2 heteroatoms. The molecule has 2 aliphatic rings. The highest BCUT2D eigenvalue weighted by atomic mass is 16.6. The zero-order valence-corrected chi connectivity index (χ0v) is 10.2. The van der Waals surface area contributed by atoms with Crippen molar-refractivity contribution in [1.29, 1.82) is 0 Å². The van der Waals surface area contributed by atoms with E-state index in [9.17, 15) is 4.79 Å². The van der Waals surface area contributed by atoms with Crippen molar-refractivity contribution in [2.45, 2.75) is 64.4 Å². The molecular weight excluding hydrogens is 200 g/mol. The Morgan fingerprint density at radius 2 is 2.12 bits per heavy atom. The molecule has 0 unspecified atom stereocenters. The number of carbonyl (C=O) groups excluding carboxylic acids is 1. The Morgan fingerprint density at radius 3 is 2.94 bits per heavy atom. The average Bonchev–Trinajstić information content (AvgIpc) is 2.61. The number of hydrogen-bond acceptors (Lipinski definition) is 2. The Balaban J connectivity index is 1.94. The molecule has 0 amide bonds. The van der Waals surface area contributed by atoms with Gasteiger partial charge in [0.05, 0.1) is 0 Å². The monoisotopic (exact) mass is 222 g/mol. The number of ether oxygens (including phenoxy) is 1. The van der Waals surface area contributed by atoms with Crippen LogP contribution in [0.15, 0.2) is 11.6 Å². The largest absolute Gasteiger partial charge is 0.458 e. The van der Waals surface area contributed by atoms with Crippen LogP contribution in [0, 0.1) is 5.92 Å². The molecule has 0 aromatic carbocycles. The van der Waals surface area contributed by atoms with Crippen LogP contribution < -0.4 is 0 Å². The number of allylic oxidation sites excluding steroid dienone is 1. The van der Waals surface area contributed by atoms with Crippen LogP contribution in [-0.2, 0) is 9.53 Å². The second-order valence-electron chi connectivity index (χ2n) is 4.99. The molecule has 1 aliphatic carbocycles. The summed E-state index contributed by atoms with van der Waals surface area (Å²) in [5, 5.41) is 0. The number of fused-ring (bicyclic) bond motifs is 1. The Morgan fingerprint density at radius 1 is 1.31 bits per heavy atom. The smallest absolute Gasteiger partial charge is 0.334 e. The van der Waals surface area contributed by atoms with Gasteiger partial charge in [0.15, 0.2) is 0 Å². The fourth-order valence-corrected chi connectivity index (χ4v) is 2.84. The molecule has 2 rings (SSSR count). The molecule has 1 aliphatic heterocycles. The molecule has 0 aromatic heterocycles. The second-order valence-corrected chi connectivity index (χ2v) is 4.99. The summed E-state index contributed by atoms with van der Waals surface area (Å²) >= 11 is 0. The van der Waals surface area contributed by atoms with Crippen molar-refractivity contribution < 1.29 is 9.53 Å². The van der Waals surface area contributed by atoms with Gasteiger partial charge in [-0.05, 0) is 32.1 Å². The summed E-state index contributed by atoms with van der Waals surface area (Å²) in [4.78, 5) is 11.7. The molecule has 0 spiro atoms. The predicted octanol–water partition coefficient (Wildman–Crippen LogP) is 3.61. The number of esters is 1. The number of carbonyl (C=O) groups is 1. The SMILES string of the molecule is CCCCC/C=C1\C(=O)O[C@@H]2CCCC[C@@H]12. The van der Waals surface area contributed by atoms with Gasteiger partial charge in [0.1, 0.15) is 6.10 Å². The molecule has 0 radical (unpaired) electrons. The molecule has 1 saturated heterocycles. The Bertz CT molecular complexity index is 280. The van der Waals surface area contributed by atoms with Gasteiger partial charge in [0.2, 0.25) is 0 Å². The Hall–Kier alpha value is -0.790. The van der Waals surface area contributed by atoms with E-state index in [1.165, 1.54) is 32.1 Å². The highest BCUT2D eigenvalue weighted by Crippen LogP contribution is 2.38. The predicted molar refractivity (Wildman–Crippen MR) is 64.1 cm³/mol. The van der Waals surface area contributed by atoms with E-state index in [1.807, 2.05) is 0 Å². The first kappa shape index (κ1) is 11.7. The maximum atomic E-state index is 11.7. The van der Waals surface area contributed by atoms with Gasteiger partial charge in [-0.25, -0.2) is 4.79 Å². The first-order chi connectivity index (χ1) is 7.83. The lowest BCUT2D eigenvalue weighted by atomic mass is 9.83. The number of unbranched alkanes of at least 4 members (excludes halogenated alkanes) is 3. The van der Waals surface area contributed by atoms with Crippen LogP contribution in [-0.4, -0.2) is 12.1 Å². The van der Waals surface area contributed by atoms with E-state index in [4.69, 9.17) is 4.74 Å². The summed E-state index contributed by atoms with van der Waals surface area (Å²) in [5.41, 5.74) is 0.987. The molecule has 1 saturated carbocycles. The highest BCUT2D eigenvalue weighted by molar-refractivity contribution is 5.91. The highest BCUT2D eigenvalue weighted by Gasteiger charge is 2.40. The third-order valence-electron chi connectivity index (χ3n) is 3.77. The molecule has 2 fully saturated rings. The van der Waals surface area contributed by atoms with Gasteiger partial charge >= 0.3 is 5.97 Å². The molecule has 0 bridgehead atoms. The lowest BCUT2D eigenvalue weighted by Gasteiger charge is -2.22. The summed E-state index contributed by atoms with van der Waals surface area (Å²) in [6.07, 6.45) is 11.8. The first-order valence-corrected chi connectivity index (χ1v) is 6.74. The summed E-state index contributed by atoms with van der Waals surface area (Å²) in [7, 11) is 0. The van der Waals surface area contributed by atoms with E-state index in [2.05, 4.69) is 13.0 Å². The lowest BCUT2D eigenvalue weighted by Crippen LogP contribution is -2.20. The van der Waals surface area contributed by atoms with Gasteiger partial charge in [-0.1, -0.05) is 32.3 Å². The average molecular weight is 222 g/mol. The van der Waals surface area contributed by atoms with Crippen LogP contribution in [0.2, 0.25) is 0 Å². The quantitative estimate of drug-likeness (QED) is 0.412. The third-order valence-corrected chi connectivity index (χ3v) is 3.77. The Kier molecular flexibility index (Phi) is 4.03. The van der Waals surface area contributed by atoms with E-state index < -0.39 is 0 Å². The van der Waals surface area contributed by atoms with E-state index in [0.717, 1.165) is 24.8 Å². The summed E-state index contributed by atoms with van der Waals surface area (Å²) < 4.78 is 5.43. The zero-order chi connectivity index (χ0) is 11.4. The van der Waals surface area contributed by atoms with Crippen molar-refractivity contribution in [3.63, 3.8) is 0 Å². The van der Waals surface area contributed by atoms with Gasteiger partial charge < -0.3 is 4.74 Å². The Labute approximate surface area is 98.1 Å². The molecule has 90 valence electrons. The van der Waals surface area contributed by atoms with Crippen molar-refractivity contribution >= 4 is 5.97 Å². The molecule has 2 nitrogen and oxygen atoms in total. The second kappa shape index (κ2) is 5.51. The van der Waals surface area contributed by atoms with Gasteiger partial charge in [-0.15, -0.1) is 0 Å². The van der Waals surface area contributed by atoms with Crippen molar-refractivity contribution in [3.05, 3.63) is 11.6 Å². The topological polar surface area (TPSA) is 26.3 Å². The zero-order valence-electron chi connectivity index (χ0n) is 10.2. The van der Waals surface area contributed by atoms with Crippen LogP contribution in [0.4, 0.5) is 0 Å². The number of rotatable bonds is 4. The van der Waals surface area contributed by atoms with Gasteiger partial charge in [-0.3, -0.25) is 0 Å². The van der Waals surface area contributed by atoms with Crippen LogP contribution >= 0.6 is 0 Å². The van der Waals surface area contributed by atoms with E-state index >= 15 is 0 Å². The van der Waals surface area contributed by atoms with Crippen LogP contribution in [0.3, 0.4) is 0 Å². The molecule has 0 N–H and O–H groups in total. The third kappa shape index (κ3) is 2.47. The van der Waals surface area contributed by atoms with Crippen molar-refractivity contribution in [3.8, 4) is 0 Å². The molecule has 16 heavy (non-hydrogen) atoms. The molecular formula is C14H22O2. The summed E-state index contributed by atoms with van der Waals surface area (Å²) in [5.74, 6) is 0.385. The standard InChI is InChI=1S/C14H22O2/c1-2-3-4-5-9-12-11-8-6-7-10-13(11)16-14(12)15/h9,11,13H,2-8,10H2,1H3/b12-9-/t11-,13+/m0/s1. The normalized spacial score (nSPS) is 31.6. The first-order valence-electron chi connectivity index (χ1n) is 6.74. The fourth-order valence-electron chi connectivity index (χ4n) is 2.84. The number of hydrogen-bond donors (Lipinski definition) is 0. The summed E-state index contributed by atoms with van der Waals surface area (Å²) in [6.45, 7) is 2.20. The minimum atomic E-state index is -0.0339. The van der Waals surface area contributed by atoms with Crippen LogP contribution in [0.25, 0.3) is 0 Å². The van der Waals surface area contributed by atoms with E-state index in [-0.39, 0.29) is 12.1 Å². The van der Waals surface area contributed by atoms with Crippen molar-refractivity contribution in [2.75, 3.05) is 0 Å². The van der Waals surface area contributed by atoms with Crippen LogP contribution in [0.5, 0.6) is 0 Å². The molecule has 2 atom stereocenters. The summed E-state index contributed by atoms with van der Waals surface area (Å²) in [6, 6.07) is 0. The fraction of sp³-hybridized carbons (Fsp3) is 0.786. The van der Waals surface area contributed by atoms with E-state index in [0.29, 0.717) is 5.92 Å². The maximum Gasteiger partial charge on any atom is 0.334 e. The van der Waals surface area contributed by atoms with E-state index in [1.54, 1.807) is 0 Å². The van der Waals surface area contributed by atoms with Gasteiger partial charge in [0, 0.05) is 11.5 Å². The van der Waals surface area contributed by atoms with Gasteiger partial charge in [0.25, 0.3) is 0 Å². The van der Waals surface area contributed by atoms with Gasteiger partial charge in [-0.2, -0.15) is 0 Å². The van der Waals surface area contributed by atoms with Crippen molar-refractivity contribution in [1.82, 2.24) is 0 Å². The molecule has 0 aromatic rings. The van der Waals surface area contributed by atoms with Crippen LogP contribution in [0.1, 0.15) is 58.3 Å². The maximum absolute atomic E-state index is 11.7. The minimum absolute atomic E-state index is 0.0339. The van der Waals surface area contributed by atoms with Crippen molar-refractivity contribution in [2.24, 2.45) is 5.92 Å². The lowest BCUT2D eigenvalue weighted by molar-refractivity contribution is -0.139.